The van der Waals surface area contributed by atoms with Crippen LogP contribution in [0.15, 0.2) is 35.3 Å². The normalized spacial score (nSPS) is 24.1. The number of hydrogen-bond donors (Lipinski definition) is 17. The van der Waals surface area contributed by atoms with Gasteiger partial charge in [0.05, 0.1) is 31.4 Å². The Labute approximate surface area is 557 Å². The fourth-order valence-electron chi connectivity index (χ4n) is 9.87. The minimum atomic E-state index is -2.06. The molecule has 1 aliphatic heterocycles. The van der Waals surface area contributed by atoms with Gasteiger partial charge in [0.2, 0.25) is 65.0 Å². The van der Waals surface area contributed by atoms with Gasteiger partial charge in [0.15, 0.2) is 5.96 Å². The zero-order chi connectivity index (χ0) is 72.6. The SMILES string of the molecule is CC[C@H](C)[C@@H]1NC(=O)[C@@H](CCCN=C(N)N)NC(=O)[C@H](CC(C)C)NC(=O)[C@H]([C@H](O)C(C)C)NC(=O)[C@@H](NC(=O)[C@H](CC(C)(C)C)NC(=O)[C@@H](CC(C)(C)C)NC(=O)OC(C)(C)C)[C@@H](c2ccccc2)NC(=O)[C@H](CO)NC(=O)C(C)NC(=O)CNC(=O)[C@H]([C@H](C)O)NC1=O. The summed E-state index contributed by atoms with van der Waals surface area (Å²) in [5, 5.41) is 64.0. The van der Waals surface area contributed by atoms with Crippen molar-refractivity contribution in [3.63, 3.8) is 0 Å². The summed E-state index contributed by atoms with van der Waals surface area (Å²) >= 11 is 0. The van der Waals surface area contributed by atoms with E-state index in [4.69, 9.17) is 16.2 Å². The van der Waals surface area contributed by atoms with E-state index in [1.54, 1.807) is 75.3 Å². The Kier molecular flexibility index (Phi) is 33.0. The monoisotopic (exact) mass is 1340 g/mol. The maximum absolute atomic E-state index is 15.6. The molecule has 12 amide bonds. The fourth-order valence-corrected chi connectivity index (χ4v) is 9.87. The standard InChI is InChI=1S/C64H109N15O16/c1-18-34(6)44-57(91)76-45(36(8)81)56(90)68-30-43(82)69-35(7)50(84)73-42(31-80)55(89)77-46(37-23-20-19-21-24-37)47(78-54(88)40(28-62(9,10)11)72-53(87)41(29-63(12,13)14)74-61(94)95-64(15,16)17)58(92)79-48(49(83)33(4)5)59(93)71-39(27-32(2)3)52(86)70-38(51(85)75-44)25-22-26-67-60(65)66/h19-21,23-24,32-36,38-42,44-49,80-81,83H,18,22,25-31H2,1-17H3,(H,68,90)(H,69,82)(H,70,86)(H,71,93)(H,72,87)(H,73,84)(H,74,94)(H,75,85)(H,76,91)(H,77,89)(H,78,88)(H,79,92)(H4,65,66,67)/t34-,35?,36-,38+,39-,40-,41+,42-,44-,45-,46+,47-,48-,49+/m0/s1. The maximum Gasteiger partial charge on any atom is 0.408 e. The van der Waals surface area contributed by atoms with Gasteiger partial charge in [-0.05, 0) is 101 Å². The molecule has 2 rings (SSSR count). The van der Waals surface area contributed by atoms with Gasteiger partial charge < -0.3 is 95.3 Å². The summed E-state index contributed by atoms with van der Waals surface area (Å²) < 4.78 is 5.48. The van der Waals surface area contributed by atoms with Crippen molar-refractivity contribution >= 4 is 77.0 Å². The molecule has 19 N–H and O–H groups in total. The summed E-state index contributed by atoms with van der Waals surface area (Å²) in [4.78, 5) is 176. The first-order chi connectivity index (χ1) is 43.9. The highest BCUT2D eigenvalue weighted by Crippen LogP contribution is 2.26. The summed E-state index contributed by atoms with van der Waals surface area (Å²) in [6.07, 6.45) is -4.31. The van der Waals surface area contributed by atoms with Crippen LogP contribution in [-0.4, -0.2) is 190 Å². The molecular weight excluding hydrogens is 1230 g/mol. The molecule has 0 bridgehead atoms. The lowest BCUT2D eigenvalue weighted by atomic mass is 9.86. The topological polar surface area (TPSA) is 484 Å². The number of nitrogens with zero attached hydrogens (tertiary/aromatic N) is 1. The molecule has 1 saturated heterocycles. The van der Waals surface area contributed by atoms with E-state index in [0.717, 1.165) is 0 Å². The number of aliphatic imine (C=N–C) groups is 1. The van der Waals surface area contributed by atoms with Crippen molar-refractivity contribution in [3.8, 4) is 0 Å². The van der Waals surface area contributed by atoms with Crippen LogP contribution >= 0.6 is 0 Å². The van der Waals surface area contributed by atoms with Crippen LogP contribution < -0.4 is 75.3 Å². The van der Waals surface area contributed by atoms with Gasteiger partial charge in [-0.2, -0.15) is 0 Å². The predicted molar refractivity (Wildman–Crippen MR) is 353 cm³/mol. The van der Waals surface area contributed by atoms with E-state index in [9.17, 15) is 58.5 Å². The molecule has 31 nitrogen and oxygen atoms in total. The minimum Gasteiger partial charge on any atom is -0.444 e. The third-order valence-corrected chi connectivity index (χ3v) is 15.0. The maximum atomic E-state index is 15.6. The van der Waals surface area contributed by atoms with Gasteiger partial charge in [0.1, 0.15) is 66.0 Å². The zero-order valence-electron chi connectivity index (χ0n) is 58.2. The van der Waals surface area contributed by atoms with E-state index in [1.807, 2.05) is 20.8 Å². The lowest BCUT2D eigenvalue weighted by Crippen LogP contribution is -2.65. The van der Waals surface area contributed by atoms with Crippen LogP contribution in [0.25, 0.3) is 0 Å². The fraction of sp³-hybridized carbons (Fsp3) is 0.703. The van der Waals surface area contributed by atoms with E-state index >= 15 is 14.4 Å². The molecule has 31 heteroatoms. The highest BCUT2D eigenvalue weighted by molar-refractivity contribution is 6.00. The Hall–Kier alpha value is -8.19. The summed E-state index contributed by atoms with van der Waals surface area (Å²) in [6, 6.07) is -10.6. The number of amides is 12. The quantitative estimate of drug-likeness (QED) is 0.0408. The average molecular weight is 1340 g/mol. The summed E-state index contributed by atoms with van der Waals surface area (Å²) in [5.41, 5.74) is 8.92. The van der Waals surface area contributed by atoms with Crippen LogP contribution in [0.2, 0.25) is 0 Å². The number of aliphatic hydroxyl groups is 3. The zero-order valence-corrected chi connectivity index (χ0v) is 58.2. The van der Waals surface area contributed by atoms with Crippen molar-refractivity contribution in [2.24, 2.45) is 45.0 Å². The summed E-state index contributed by atoms with van der Waals surface area (Å²) in [7, 11) is 0. The van der Waals surface area contributed by atoms with Crippen molar-refractivity contribution in [2.75, 3.05) is 19.7 Å². The van der Waals surface area contributed by atoms with Gasteiger partial charge >= 0.3 is 6.09 Å². The van der Waals surface area contributed by atoms with E-state index < -0.39 is 191 Å². The van der Waals surface area contributed by atoms with Crippen LogP contribution in [0.1, 0.15) is 168 Å². The third kappa shape index (κ3) is 29.6. The second-order valence-corrected chi connectivity index (χ2v) is 28.4. The second-order valence-electron chi connectivity index (χ2n) is 28.4. The van der Waals surface area contributed by atoms with Crippen LogP contribution in [-0.2, 0) is 57.5 Å². The van der Waals surface area contributed by atoms with E-state index in [2.05, 4.69) is 68.8 Å². The number of rotatable bonds is 20. The van der Waals surface area contributed by atoms with Crippen LogP contribution in [0, 0.1) is 28.6 Å². The average Bonchev–Trinajstić information content (AvgIpc) is 0.821. The highest BCUT2D eigenvalue weighted by Gasteiger charge is 2.43. The molecule has 0 radical (unpaired) electrons. The van der Waals surface area contributed by atoms with Gasteiger partial charge in [-0.3, -0.25) is 57.7 Å². The number of hydrogen-bond acceptors (Lipinski definition) is 17. The van der Waals surface area contributed by atoms with Gasteiger partial charge in [-0.1, -0.05) is 120 Å². The molecule has 1 heterocycles. The van der Waals surface area contributed by atoms with Crippen LogP contribution in [0.5, 0.6) is 0 Å². The van der Waals surface area contributed by atoms with Crippen molar-refractivity contribution in [2.45, 2.75) is 240 Å². The molecule has 0 aliphatic carbocycles. The van der Waals surface area contributed by atoms with E-state index in [0.29, 0.717) is 0 Å². The molecule has 14 atom stereocenters. The smallest absolute Gasteiger partial charge is 0.408 e. The van der Waals surface area contributed by atoms with Crippen LogP contribution in [0.3, 0.4) is 0 Å². The largest absolute Gasteiger partial charge is 0.444 e. The minimum absolute atomic E-state index is 0.0252. The first-order valence-corrected chi connectivity index (χ1v) is 32.3. The Bertz CT molecular complexity index is 2810. The molecule has 1 aromatic rings. The molecule has 1 aromatic carbocycles. The number of ether oxygens (including phenoxy) is 1. The van der Waals surface area contributed by atoms with Gasteiger partial charge in [0.25, 0.3) is 0 Å². The predicted octanol–water partition coefficient (Wildman–Crippen LogP) is -1.34. The highest BCUT2D eigenvalue weighted by atomic mass is 16.6. The Morgan fingerprint density at radius 2 is 1.15 bits per heavy atom. The number of aliphatic hydroxyl groups excluding tert-OH is 3. The molecule has 536 valence electrons. The first kappa shape index (κ1) is 82.9. The van der Waals surface area contributed by atoms with Gasteiger partial charge in [0, 0.05) is 6.54 Å². The molecule has 1 unspecified atom stereocenters. The Morgan fingerprint density at radius 3 is 1.66 bits per heavy atom. The van der Waals surface area contributed by atoms with Crippen molar-refractivity contribution in [1.29, 1.82) is 0 Å². The molecule has 0 spiro atoms. The van der Waals surface area contributed by atoms with Crippen LogP contribution in [0.4, 0.5) is 4.79 Å². The summed E-state index contributed by atoms with van der Waals surface area (Å²) in [5.74, 6) is -13.5. The molecule has 1 aliphatic rings. The van der Waals surface area contributed by atoms with E-state index in [-0.39, 0.29) is 62.5 Å². The number of alkyl carbamates (subject to hydrolysis) is 1. The third-order valence-electron chi connectivity index (χ3n) is 15.0. The number of carbonyl (C=O) groups is 12. The molecule has 95 heavy (non-hydrogen) atoms. The Balaban J connectivity index is 3.12. The van der Waals surface area contributed by atoms with Gasteiger partial charge in [-0.25, -0.2) is 4.79 Å². The molecular formula is C64H109N15O16. The molecule has 1 fully saturated rings. The summed E-state index contributed by atoms with van der Waals surface area (Å²) in [6.45, 7) is 25.9. The number of carbonyl (C=O) groups excluding carboxylic acids is 12. The molecule has 0 aromatic heterocycles. The van der Waals surface area contributed by atoms with E-state index in [1.165, 1.54) is 52.0 Å². The number of nitrogens with one attached hydrogen (secondary N) is 12. The number of guanidine groups is 1. The number of benzene rings is 1. The molecule has 0 saturated carbocycles. The van der Waals surface area contributed by atoms with Crippen molar-refractivity contribution in [1.82, 2.24) is 63.8 Å². The number of nitrogens with two attached hydrogens (primary N) is 2. The Morgan fingerprint density at radius 1 is 0.632 bits per heavy atom. The van der Waals surface area contributed by atoms with Crippen molar-refractivity contribution < 1.29 is 77.6 Å². The lowest BCUT2D eigenvalue weighted by Gasteiger charge is -2.35. The van der Waals surface area contributed by atoms with Crippen molar-refractivity contribution in [3.05, 3.63) is 35.9 Å². The van der Waals surface area contributed by atoms with Gasteiger partial charge in [-0.15, -0.1) is 0 Å². The first-order valence-electron chi connectivity index (χ1n) is 32.3. The second kappa shape index (κ2) is 37.8. The lowest BCUT2D eigenvalue weighted by molar-refractivity contribution is -0.139.